The van der Waals surface area contributed by atoms with Crippen molar-refractivity contribution in [1.29, 1.82) is 0 Å². The van der Waals surface area contributed by atoms with Crippen LogP contribution in [0.3, 0.4) is 0 Å². The molecule has 1 rings (SSSR count). The number of amides is 3. The fourth-order valence-corrected chi connectivity index (χ4v) is 1.35. The van der Waals surface area contributed by atoms with E-state index in [9.17, 15) is 9.59 Å². The maximum atomic E-state index is 11.3. The number of benzene rings is 1. The summed E-state index contributed by atoms with van der Waals surface area (Å²) >= 11 is 0. The zero-order valence-electron chi connectivity index (χ0n) is 9.55. The second-order valence-corrected chi connectivity index (χ2v) is 3.64. The van der Waals surface area contributed by atoms with E-state index in [1.165, 1.54) is 6.92 Å². The van der Waals surface area contributed by atoms with Gasteiger partial charge in [0.25, 0.3) is 0 Å². The van der Waals surface area contributed by atoms with Crippen molar-refractivity contribution in [3.05, 3.63) is 29.3 Å². The summed E-state index contributed by atoms with van der Waals surface area (Å²) in [7, 11) is 0. The molecule has 0 aromatic heterocycles. The molecular formula is C11H15N3O2. The van der Waals surface area contributed by atoms with Crippen molar-refractivity contribution in [3.8, 4) is 0 Å². The smallest absolute Gasteiger partial charge is 0.307 e. The lowest BCUT2D eigenvalue weighted by Gasteiger charge is -2.08. The lowest BCUT2D eigenvalue weighted by atomic mass is 10.1. The van der Waals surface area contributed by atoms with E-state index in [1.54, 1.807) is 0 Å². The monoisotopic (exact) mass is 221 g/mol. The third-order valence-electron chi connectivity index (χ3n) is 1.83. The van der Waals surface area contributed by atoms with Crippen LogP contribution in [0.2, 0.25) is 0 Å². The van der Waals surface area contributed by atoms with Gasteiger partial charge in [0, 0.05) is 12.6 Å². The molecule has 1 aromatic carbocycles. The highest BCUT2D eigenvalue weighted by Gasteiger charge is 2.02. The van der Waals surface area contributed by atoms with Crippen LogP contribution in [0.25, 0.3) is 0 Å². The van der Waals surface area contributed by atoms with Gasteiger partial charge in [0.05, 0.1) is 0 Å². The van der Waals surface area contributed by atoms with Crippen LogP contribution in [0.15, 0.2) is 18.2 Å². The van der Waals surface area contributed by atoms with E-state index in [4.69, 9.17) is 0 Å². The Hall–Kier alpha value is -2.04. The predicted molar refractivity (Wildman–Crippen MR) is 61.9 cm³/mol. The van der Waals surface area contributed by atoms with Gasteiger partial charge in [0.2, 0.25) is 5.91 Å². The third kappa shape index (κ3) is 4.00. The third-order valence-corrected chi connectivity index (χ3v) is 1.83. The first-order chi connectivity index (χ1) is 7.47. The first kappa shape index (κ1) is 12.0. The van der Waals surface area contributed by atoms with Crippen LogP contribution in [0.1, 0.15) is 18.1 Å². The Balaban J connectivity index is 2.59. The van der Waals surface area contributed by atoms with E-state index in [0.717, 1.165) is 11.1 Å². The van der Waals surface area contributed by atoms with Gasteiger partial charge in [-0.15, -0.1) is 0 Å². The van der Waals surface area contributed by atoms with Crippen molar-refractivity contribution in [2.75, 3.05) is 5.32 Å². The zero-order valence-corrected chi connectivity index (χ0v) is 9.55. The number of carbonyl (C=O) groups excluding carboxylic acids is 2. The number of urea groups is 1. The van der Waals surface area contributed by atoms with E-state index in [-0.39, 0.29) is 5.91 Å². The molecule has 5 heteroatoms. The Morgan fingerprint density at radius 2 is 1.56 bits per heavy atom. The van der Waals surface area contributed by atoms with Crippen molar-refractivity contribution in [1.82, 2.24) is 10.9 Å². The maximum Gasteiger partial charge on any atom is 0.337 e. The van der Waals surface area contributed by atoms with Gasteiger partial charge in [-0.25, -0.2) is 10.2 Å². The summed E-state index contributed by atoms with van der Waals surface area (Å²) in [6.45, 7) is 5.21. The topological polar surface area (TPSA) is 70.2 Å². The normalized spacial score (nSPS) is 9.44. The van der Waals surface area contributed by atoms with Crippen molar-refractivity contribution in [3.63, 3.8) is 0 Å². The molecular weight excluding hydrogens is 206 g/mol. The molecule has 86 valence electrons. The van der Waals surface area contributed by atoms with Crippen LogP contribution >= 0.6 is 0 Å². The largest absolute Gasteiger partial charge is 0.337 e. The standard InChI is InChI=1S/C11H15N3O2/c1-7-4-8(2)6-10(5-7)12-11(16)14-13-9(3)15/h4-6H,1-3H3,(H,13,15)(H2,12,14,16). The van der Waals surface area contributed by atoms with Gasteiger partial charge in [-0.1, -0.05) is 6.07 Å². The quantitative estimate of drug-likeness (QED) is 0.628. The van der Waals surface area contributed by atoms with Crippen LogP contribution in [0.5, 0.6) is 0 Å². The van der Waals surface area contributed by atoms with E-state index >= 15 is 0 Å². The van der Waals surface area contributed by atoms with E-state index in [2.05, 4.69) is 16.2 Å². The number of rotatable bonds is 1. The molecule has 0 bridgehead atoms. The molecule has 0 spiro atoms. The SMILES string of the molecule is CC(=O)NNC(=O)Nc1cc(C)cc(C)c1. The minimum atomic E-state index is -0.472. The van der Waals surface area contributed by atoms with Crippen LogP contribution < -0.4 is 16.2 Å². The lowest BCUT2D eigenvalue weighted by molar-refractivity contribution is -0.119. The molecule has 0 heterocycles. The summed E-state index contributed by atoms with van der Waals surface area (Å²) in [4.78, 5) is 21.9. The Bertz CT molecular complexity index is 395. The number of hydrogen-bond donors (Lipinski definition) is 3. The minimum Gasteiger partial charge on any atom is -0.307 e. The predicted octanol–water partition coefficient (Wildman–Crippen LogP) is 1.48. The molecule has 0 atom stereocenters. The van der Waals surface area contributed by atoms with Gasteiger partial charge in [0.1, 0.15) is 0 Å². The second-order valence-electron chi connectivity index (χ2n) is 3.64. The van der Waals surface area contributed by atoms with Gasteiger partial charge in [-0.2, -0.15) is 0 Å². The molecule has 0 saturated heterocycles. The Morgan fingerprint density at radius 3 is 2.06 bits per heavy atom. The number of anilines is 1. The molecule has 0 unspecified atom stereocenters. The van der Waals surface area contributed by atoms with Crippen molar-refractivity contribution in [2.24, 2.45) is 0 Å². The van der Waals surface area contributed by atoms with Crippen molar-refractivity contribution >= 4 is 17.6 Å². The van der Waals surface area contributed by atoms with Crippen molar-refractivity contribution < 1.29 is 9.59 Å². The van der Waals surface area contributed by atoms with Gasteiger partial charge >= 0.3 is 6.03 Å². The zero-order chi connectivity index (χ0) is 12.1. The number of nitrogens with one attached hydrogen (secondary N) is 3. The summed E-state index contributed by atoms with van der Waals surface area (Å²) in [6, 6.07) is 5.23. The molecule has 1 aromatic rings. The molecule has 0 fully saturated rings. The minimum absolute atomic E-state index is 0.324. The Morgan fingerprint density at radius 1 is 1.00 bits per heavy atom. The summed E-state index contributed by atoms with van der Waals surface area (Å²) in [6.07, 6.45) is 0. The highest BCUT2D eigenvalue weighted by atomic mass is 16.2. The lowest BCUT2D eigenvalue weighted by Crippen LogP contribution is -2.42. The highest BCUT2D eigenvalue weighted by Crippen LogP contribution is 2.13. The molecule has 0 aliphatic rings. The number of carbonyl (C=O) groups is 2. The summed E-state index contributed by atoms with van der Waals surface area (Å²) in [5.74, 6) is -0.324. The molecule has 5 nitrogen and oxygen atoms in total. The van der Waals surface area contributed by atoms with Crippen LogP contribution in [0.4, 0.5) is 10.5 Å². The number of hydrazine groups is 1. The fourth-order valence-electron chi connectivity index (χ4n) is 1.35. The highest BCUT2D eigenvalue weighted by molar-refractivity contribution is 5.90. The van der Waals surface area contributed by atoms with Crippen LogP contribution in [-0.4, -0.2) is 11.9 Å². The average molecular weight is 221 g/mol. The Labute approximate surface area is 94.2 Å². The van der Waals surface area contributed by atoms with Gasteiger partial charge in [-0.05, 0) is 37.1 Å². The molecule has 0 aliphatic carbocycles. The first-order valence-electron chi connectivity index (χ1n) is 4.89. The Kier molecular flexibility index (Phi) is 3.88. The summed E-state index contributed by atoms with van der Waals surface area (Å²) in [5, 5.41) is 2.61. The first-order valence-corrected chi connectivity index (χ1v) is 4.89. The van der Waals surface area contributed by atoms with E-state index < -0.39 is 6.03 Å². The maximum absolute atomic E-state index is 11.3. The van der Waals surface area contributed by atoms with Gasteiger partial charge < -0.3 is 5.32 Å². The molecule has 16 heavy (non-hydrogen) atoms. The molecule has 3 amide bonds. The number of hydrogen-bond acceptors (Lipinski definition) is 2. The molecule has 0 saturated carbocycles. The van der Waals surface area contributed by atoms with Gasteiger partial charge in [-0.3, -0.25) is 10.2 Å². The molecule has 3 N–H and O–H groups in total. The second kappa shape index (κ2) is 5.16. The van der Waals surface area contributed by atoms with Gasteiger partial charge in [0.15, 0.2) is 0 Å². The van der Waals surface area contributed by atoms with E-state index in [1.807, 2.05) is 32.0 Å². The molecule has 0 aliphatic heterocycles. The van der Waals surface area contributed by atoms with Crippen LogP contribution in [-0.2, 0) is 4.79 Å². The number of aryl methyl sites for hydroxylation is 2. The van der Waals surface area contributed by atoms with E-state index in [0.29, 0.717) is 5.69 Å². The van der Waals surface area contributed by atoms with Crippen molar-refractivity contribution in [2.45, 2.75) is 20.8 Å². The molecule has 0 radical (unpaired) electrons. The summed E-state index contributed by atoms with van der Waals surface area (Å²) in [5.41, 5.74) is 7.24. The summed E-state index contributed by atoms with van der Waals surface area (Å²) < 4.78 is 0. The average Bonchev–Trinajstić information content (AvgIpc) is 2.12. The fraction of sp³-hybridized carbons (Fsp3) is 0.273. The van der Waals surface area contributed by atoms with Crippen LogP contribution in [0, 0.1) is 13.8 Å².